The van der Waals surface area contributed by atoms with Crippen molar-refractivity contribution in [3.63, 3.8) is 0 Å². The molecule has 2 heterocycles. The van der Waals surface area contributed by atoms with Gasteiger partial charge in [0, 0.05) is 13.1 Å². The highest BCUT2D eigenvalue weighted by Crippen LogP contribution is 2.28. The van der Waals surface area contributed by atoms with Crippen LogP contribution in [-0.4, -0.2) is 34.6 Å². The maximum atomic E-state index is 12.8. The Morgan fingerprint density at radius 3 is 2.89 bits per heavy atom. The van der Waals surface area contributed by atoms with E-state index in [1.807, 2.05) is 0 Å². The van der Waals surface area contributed by atoms with Crippen LogP contribution >= 0.6 is 0 Å². The van der Waals surface area contributed by atoms with Gasteiger partial charge in [-0.25, -0.2) is 4.39 Å². The predicted molar refractivity (Wildman–Crippen MR) is 73.2 cm³/mol. The SMILES string of the molecule is CC1(C)CCCN(CCC(O)c2ccc(F)cn2)C1. The lowest BCUT2D eigenvalue weighted by Gasteiger charge is -2.38. The van der Waals surface area contributed by atoms with Gasteiger partial charge >= 0.3 is 0 Å². The minimum atomic E-state index is -0.606. The third-order valence-corrected chi connectivity index (χ3v) is 3.79. The Morgan fingerprint density at radius 2 is 2.26 bits per heavy atom. The van der Waals surface area contributed by atoms with Crippen LogP contribution in [0.2, 0.25) is 0 Å². The maximum absolute atomic E-state index is 12.8. The molecule has 0 bridgehead atoms. The van der Waals surface area contributed by atoms with E-state index < -0.39 is 6.10 Å². The van der Waals surface area contributed by atoms with E-state index in [1.165, 1.54) is 18.9 Å². The van der Waals surface area contributed by atoms with Crippen LogP contribution in [-0.2, 0) is 0 Å². The van der Waals surface area contributed by atoms with Crippen LogP contribution in [0.1, 0.15) is 44.9 Å². The molecule has 19 heavy (non-hydrogen) atoms. The van der Waals surface area contributed by atoms with Crippen molar-refractivity contribution in [3.8, 4) is 0 Å². The summed E-state index contributed by atoms with van der Waals surface area (Å²) >= 11 is 0. The Bertz CT molecular complexity index is 405. The number of aliphatic hydroxyl groups excluding tert-OH is 1. The molecule has 1 unspecified atom stereocenters. The number of likely N-dealkylation sites (tertiary alicyclic amines) is 1. The lowest BCUT2D eigenvalue weighted by Crippen LogP contribution is -2.40. The van der Waals surface area contributed by atoms with Crippen molar-refractivity contribution < 1.29 is 9.50 Å². The minimum Gasteiger partial charge on any atom is -0.387 e. The fraction of sp³-hybridized carbons (Fsp3) is 0.667. The second kappa shape index (κ2) is 5.97. The first-order chi connectivity index (χ1) is 8.96. The molecule has 1 aliphatic rings. The first-order valence-electron chi connectivity index (χ1n) is 6.98. The quantitative estimate of drug-likeness (QED) is 0.910. The summed E-state index contributed by atoms with van der Waals surface area (Å²) in [5.74, 6) is -0.367. The lowest BCUT2D eigenvalue weighted by atomic mass is 9.84. The Morgan fingerprint density at radius 1 is 1.47 bits per heavy atom. The van der Waals surface area contributed by atoms with E-state index in [1.54, 1.807) is 6.07 Å². The van der Waals surface area contributed by atoms with Crippen LogP contribution in [0.25, 0.3) is 0 Å². The molecule has 0 spiro atoms. The van der Waals surface area contributed by atoms with Gasteiger partial charge in [-0.3, -0.25) is 4.98 Å². The Hall–Kier alpha value is -1.00. The number of aliphatic hydroxyl groups is 1. The van der Waals surface area contributed by atoms with E-state index in [9.17, 15) is 9.50 Å². The molecule has 3 nitrogen and oxygen atoms in total. The molecule has 4 heteroatoms. The van der Waals surface area contributed by atoms with Gasteiger partial charge in [0.1, 0.15) is 5.82 Å². The van der Waals surface area contributed by atoms with Crippen molar-refractivity contribution in [2.75, 3.05) is 19.6 Å². The molecule has 0 aliphatic carbocycles. The van der Waals surface area contributed by atoms with Crippen LogP contribution in [0.4, 0.5) is 4.39 Å². The average molecular weight is 266 g/mol. The highest BCUT2D eigenvalue weighted by molar-refractivity contribution is 5.08. The molecule has 1 aromatic heterocycles. The number of piperidine rings is 1. The molecule has 1 fully saturated rings. The summed E-state index contributed by atoms with van der Waals surface area (Å²) in [4.78, 5) is 6.33. The zero-order valence-corrected chi connectivity index (χ0v) is 11.8. The molecular weight excluding hydrogens is 243 g/mol. The van der Waals surface area contributed by atoms with Gasteiger partial charge in [-0.15, -0.1) is 0 Å². The molecule has 0 amide bonds. The Labute approximate surface area is 114 Å². The van der Waals surface area contributed by atoms with Gasteiger partial charge in [-0.05, 0) is 43.4 Å². The molecule has 1 aliphatic heterocycles. The van der Waals surface area contributed by atoms with Gasteiger partial charge in [-0.1, -0.05) is 13.8 Å². The van der Waals surface area contributed by atoms with Crippen LogP contribution < -0.4 is 0 Å². The first-order valence-corrected chi connectivity index (χ1v) is 6.98. The van der Waals surface area contributed by atoms with E-state index >= 15 is 0 Å². The number of nitrogens with zero attached hydrogens (tertiary/aromatic N) is 2. The second-order valence-corrected chi connectivity index (χ2v) is 6.25. The lowest BCUT2D eigenvalue weighted by molar-refractivity contribution is 0.0886. The number of hydrogen-bond donors (Lipinski definition) is 1. The van der Waals surface area contributed by atoms with Gasteiger partial charge in [0.2, 0.25) is 0 Å². The first kappa shape index (κ1) is 14.4. The van der Waals surface area contributed by atoms with Crippen LogP contribution in [0.3, 0.4) is 0 Å². The summed E-state index contributed by atoms with van der Waals surface area (Å²) in [7, 11) is 0. The average Bonchev–Trinajstić information content (AvgIpc) is 2.36. The summed E-state index contributed by atoms with van der Waals surface area (Å²) in [5.41, 5.74) is 0.926. The second-order valence-electron chi connectivity index (χ2n) is 6.25. The van der Waals surface area contributed by atoms with E-state index in [2.05, 4.69) is 23.7 Å². The largest absolute Gasteiger partial charge is 0.387 e. The standard InChI is InChI=1S/C15H23FN2O/c1-15(2)7-3-8-18(11-15)9-6-14(19)13-5-4-12(16)10-17-13/h4-5,10,14,19H,3,6-9,11H2,1-2H3. The zero-order chi connectivity index (χ0) is 13.9. The van der Waals surface area contributed by atoms with Crippen molar-refractivity contribution in [3.05, 3.63) is 29.8 Å². The summed E-state index contributed by atoms with van der Waals surface area (Å²) in [6, 6.07) is 2.90. The summed E-state index contributed by atoms with van der Waals surface area (Å²) in [6.07, 6.45) is 3.69. The van der Waals surface area contributed by atoms with Crippen molar-refractivity contribution >= 4 is 0 Å². The molecule has 0 saturated carbocycles. The molecule has 1 aromatic rings. The predicted octanol–water partition coefficient (Wildman–Crippen LogP) is 2.77. The molecule has 1 N–H and O–H groups in total. The molecule has 0 aromatic carbocycles. The third kappa shape index (κ3) is 4.25. The van der Waals surface area contributed by atoms with Gasteiger partial charge in [0.05, 0.1) is 18.0 Å². The van der Waals surface area contributed by atoms with Crippen molar-refractivity contribution in [1.29, 1.82) is 0 Å². The van der Waals surface area contributed by atoms with Crippen molar-refractivity contribution in [1.82, 2.24) is 9.88 Å². The number of halogens is 1. The van der Waals surface area contributed by atoms with Gasteiger partial charge < -0.3 is 10.0 Å². The van der Waals surface area contributed by atoms with Crippen LogP contribution in [0.15, 0.2) is 18.3 Å². The summed E-state index contributed by atoms with van der Waals surface area (Å²) < 4.78 is 12.8. The number of aromatic nitrogens is 1. The Kier molecular flexibility index (Phi) is 4.53. The van der Waals surface area contributed by atoms with Gasteiger partial charge in [-0.2, -0.15) is 0 Å². The van der Waals surface area contributed by atoms with Gasteiger partial charge in [0.25, 0.3) is 0 Å². The Balaban J connectivity index is 1.83. The van der Waals surface area contributed by atoms with Crippen molar-refractivity contribution in [2.24, 2.45) is 5.41 Å². The molecule has 106 valence electrons. The van der Waals surface area contributed by atoms with Crippen LogP contribution in [0.5, 0.6) is 0 Å². The molecular formula is C15H23FN2O. The number of pyridine rings is 1. The van der Waals surface area contributed by atoms with Gasteiger partial charge in [0.15, 0.2) is 0 Å². The highest BCUT2D eigenvalue weighted by atomic mass is 19.1. The summed E-state index contributed by atoms with van der Waals surface area (Å²) in [6.45, 7) is 7.63. The fourth-order valence-corrected chi connectivity index (χ4v) is 2.77. The van der Waals surface area contributed by atoms with E-state index in [-0.39, 0.29) is 5.82 Å². The third-order valence-electron chi connectivity index (χ3n) is 3.79. The van der Waals surface area contributed by atoms with Crippen molar-refractivity contribution in [2.45, 2.75) is 39.2 Å². The zero-order valence-electron chi connectivity index (χ0n) is 11.8. The molecule has 2 rings (SSSR count). The monoisotopic (exact) mass is 266 g/mol. The molecule has 1 saturated heterocycles. The smallest absolute Gasteiger partial charge is 0.141 e. The maximum Gasteiger partial charge on any atom is 0.141 e. The van der Waals surface area contributed by atoms with E-state index in [0.29, 0.717) is 17.5 Å². The van der Waals surface area contributed by atoms with E-state index in [0.717, 1.165) is 25.8 Å². The topological polar surface area (TPSA) is 36.4 Å². The van der Waals surface area contributed by atoms with E-state index in [4.69, 9.17) is 0 Å². The fourth-order valence-electron chi connectivity index (χ4n) is 2.77. The number of hydrogen-bond acceptors (Lipinski definition) is 3. The molecule has 1 atom stereocenters. The number of rotatable bonds is 4. The minimum absolute atomic E-state index is 0.367. The molecule has 0 radical (unpaired) electrons. The normalized spacial score (nSPS) is 21.3. The highest BCUT2D eigenvalue weighted by Gasteiger charge is 2.26. The summed E-state index contributed by atoms with van der Waals surface area (Å²) in [5, 5.41) is 10.1. The van der Waals surface area contributed by atoms with Crippen LogP contribution in [0, 0.1) is 11.2 Å².